The summed E-state index contributed by atoms with van der Waals surface area (Å²) in [6.45, 7) is 0.778. The van der Waals surface area contributed by atoms with Gasteiger partial charge in [0.2, 0.25) is 5.91 Å². The first kappa shape index (κ1) is 24.1. The van der Waals surface area contributed by atoms with Crippen LogP contribution in [0, 0.1) is 5.92 Å². The molecule has 0 radical (unpaired) electrons. The van der Waals surface area contributed by atoms with Crippen LogP contribution in [0.4, 0.5) is 5.69 Å². The molecule has 6 nitrogen and oxygen atoms in total. The lowest BCUT2D eigenvalue weighted by molar-refractivity contribution is -0.135. The molecule has 3 atom stereocenters. The number of nitrogens with zero attached hydrogens (tertiary/aromatic N) is 1. The SMILES string of the molecule is COc1ccc([C@@H]2[C@@H]3CCCC[C@]3(O)CCN2CC(=O)Nc2ccc(Cl)cc2Cl)c(OC)c1. The third kappa shape index (κ3) is 5.09. The van der Waals surface area contributed by atoms with Gasteiger partial charge in [-0.25, -0.2) is 0 Å². The van der Waals surface area contributed by atoms with Crippen LogP contribution in [-0.4, -0.2) is 48.8 Å². The monoisotopic (exact) mass is 492 g/mol. The van der Waals surface area contributed by atoms with Gasteiger partial charge in [0, 0.05) is 35.2 Å². The zero-order valence-corrected chi connectivity index (χ0v) is 20.5. The van der Waals surface area contributed by atoms with Crippen LogP contribution in [0.25, 0.3) is 0 Å². The second-order valence-corrected chi connectivity index (χ2v) is 9.75. The van der Waals surface area contributed by atoms with Crippen molar-refractivity contribution in [1.29, 1.82) is 0 Å². The Balaban J connectivity index is 1.64. The van der Waals surface area contributed by atoms with Crippen molar-refractivity contribution in [3.63, 3.8) is 0 Å². The molecular formula is C25H30Cl2N2O4. The number of rotatable bonds is 6. The van der Waals surface area contributed by atoms with E-state index < -0.39 is 5.60 Å². The van der Waals surface area contributed by atoms with E-state index in [0.717, 1.165) is 31.2 Å². The minimum atomic E-state index is -0.736. The Kier molecular flexibility index (Phi) is 7.39. The van der Waals surface area contributed by atoms with Gasteiger partial charge in [0.05, 0.1) is 37.1 Å². The van der Waals surface area contributed by atoms with E-state index in [1.165, 1.54) is 0 Å². The van der Waals surface area contributed by atoms with E-state index in [2.05, 4.69) is 10.2 Å². The molecule has 33 heavy (non-hydrogen) atoms. The standard InChI is InChI=1S/C25H30Cl2N2O4/c1-32-17-7-8-18(22(14-17)33-2)24-19-5-3-4-10-25(19,31)11-12-29(24)15-23(30)28-21-9-6-16(26)13-20(21)27/h6-9,13-14,19,24,31H,3-5,10-12,15H2,1-2H3,(H,28,30)/t19-,24+,25-/m0/s1. The van der Waals surface area contributed by atoms with Gasteiger partial charge in [0.15, 0.2) is 0 Å². The molecule has 178 valence electrons. The molecule has 1 saturated heterocycles. The van der Waals surface area contributed by atoms with Gasteiger partial charge >= 0.3 is 0 Å². The fraction of sp³-hybridized carbons (Fsp3) is 0.480. The summed E-state index contributed by atoms with van der Waals surface area (Å²) in [6.07, 6.45) is 4.41. The molecule has 2 aromatic rings. The summed E-state index contributed by atoms with van der Waals surface area (Å²) in [5.74, 6) is 1.24. The zero-order valence-electron chi connectivity index (χ0n) is 18.9. The lowest BCUT2D eigenvalue weighted by atomic mass is 9.66. The third-order valence-corrected chi connectivity index (χ3v) is 7.53. The van der Waals surface area contributed by atoms with Crippen LogP contribution in [0.5, 0.6) is 11.5 Å². The van der Waals surface area contributed by atoms with E-state index >= 15 is 0 Å². The number of ether oxygens (including phenoxy) is 2. The van der Waals surface area contributed by atoms with Gasteiger partial charge in [-0.05, 0) is 43.5 Å². The van der Waals surface area contributed by atoms with E-state index in [-0.39, 0.29) is 24.4 Å². The molecule has 1 amide bonds. The molecule has 0 bridgehead atoms. The Bertz CT molecular complexity index is 1020. The van der Waals surface area contributed by atoms with Crippen molar-refractivity contribution in [3.05, 3.63) is 52.0 Å². The Morgan fingerprint density at radius 1 is 1.15 bits per heavy atom. The maximum atomic E-state index is 13.0. The summed E-state index contributed by atoms with van der Waals surface area (Å²) in [5.41, 5.74) is 0.747. The topological polar surface area (TPSA) is 71.0 Å². The van der Waals surface area contributed by atoms with Crippen LogP contribution >= 0.6 is 23.2 Å². The number of carbonyl (C=O) groups is 1. The maximum absolute atomic E-state index is 13.0. The van der Waals surface area contributed by atoms with Crippen LogP contribution in [0.2, 0.25) is 10.0 Å². The van der Waals surface area contributed by atoms with Gasteiger partial charge in [0.25, 0.3) is 0 Å². The summed E-state index contributed by atoms with van der Waals surface area (Å²) >= 11 is 12.2. The number of amides is 1. The lowest BCUT2D eigenvalue weighted by Crippen LogP contribution is -2.56. The molecule has 1 aliphatic heterocycles. The Hall–Kier alpha value is -1.99. The number of hydrogen-bond acceptors (Lipinski definition) is 5. The van der Waals surface area contributed by atoms with Gasteiger partial charge in [-0.1, -0.05) is 42.1 Å². The highest BCUT2D eigenvalue weighted by Crippen LogP contribution is 2.51. The number of carbonyl (C=O) groups excluding carboxylic acids is 1. The fourth-order valence-electron chi connectivity index (χ4n) is 5.36. The smallest absolute Gasteiger partial charge is 0.238 e. The normalized spacial score (nSPS) is 25.2. The lowest BCUT2D eigenvalue weighted by Gasteiger charge is -2.52. The summed E-state index contributed by atoms with van der Waals surface area (Å²) in [6, 6.07) is 10.6. The van der Waals surface area contributed by atoms with Crippen LogP contribution in [-0.2, 0) is 4.79 Å². The van der Waals surface area contributed by atoms with Crippen LogP contribution < -0.4 is 14.8 Å². The van der Waals surface area contributed by atoms with E-state index in [4.69, 9.17) is 32.7 Å². The first-order valence-corrected chi connectivity index (χ1v) is 12.0. The highest BCUT2D eigenvalue weighted by atomic mass is 35.5. The van der Waals surface area contributed by atoms with Crippen LogP contribution in [0.3, 0.4) is 0 Å². The number of hydrogen-bond donors (Lipinski definition) is 2. The largest absolute Gasteiger partial charge is 0.497 e. The van der Waals surface area contributed by atoms with Crippen LogP contribution in [0.1, 0.15) is 43.7 Å². The van der Waals surface area contributed by atoms with Crippen molar-refractivity contribution in [3.8, 4) is 11.5 Å². The second-order valence-electron chi connectivity index (χ2n) is 8.90. The molecule has 1 heterocycles. The number of benzene rings is 2. The highest BCUT2D eigenvalue weighted by molar-refractivity contribution is 6.36. The number of fused-ring (bicyclic) bond motifs is 1. The Morgan fingerprint density at radius 3 is 2.70 bits per heavy atom. The van der Waals surface area contributed by atoms with Crippen molar-refractivity contribution in [2.45, 2.75) is 43.7 Å². The summed E-state index contributed by atoms with van der Waals surface area (Å²) in [4.78, 5) is 15.2. The third-order valence-electron chi connectivity index (χ3n) is 6.98. The Labute approximate surface area is 204 Å². The average Bonchev–Trinajstić information content (AvgIpc) is 2.80. The first-order chi connectivity index (χ1) is 15.8. The number of anilines is 1. The van der Waals surface area contributed by atoms with Gasteiger partial charge in [-0.2, -0.15) is 0 Å². The molecule has 0 unspecified atom stereocenters. The molecule has 0 aromatic heterocycles. The predicted molar refractivity (Wildman–Crippen MR) is 130 cm³/mol. The van der Waals surface area contributed by atoms with E-state index in [1.807, 2.05) is 18.2 Å². The van der Waals surface area contributed by atoms with Gasteiger partial charge < -0.3 is 19.9 Å². The summed E-state index contributed by atoms with van der Waals surface area (Å²) in [7, 11) is 3.25. The summed E-state index contributed by atoms with van der Waals surface area (Å²) in [5, 5.41) is 15.3. The molecule has 1 saturated carbocycles. The fourth-order valence-corrected chi connectivity index (χ4v) is 5.82. The first-order valence-electron chi connectivity index (χ1n) is 11.3. The second kappa shape index (κ2) is 10.1. The minimum Gasteiger partial charge on any atom is -0.497 e. The number of halogens is 2. The zero-order chi connectivity index (χ0) is 23.6. The average molecular weight is 493 g/mol. The van der Waals surface area contributed by atoms with Gasteiger partial charge in [0.1, 0.15) is 11.5 Å². The number of piperidine rings is 1. The summed E-state index contributed by atoms with van der Waals surface area (Å²) < 4.78 is 11.1. The van der Waals surface area contributed by atoms with E-state index in [9.17, 15) is 9.90 Å². The van der Waals surface area contributed by atoms with Crippen molar-refractivity contribution >= 4 is 34.8 Å². The van der Waals surface area contributed by atoms with E-state index in [1.54, 1.807) is 32.4 Å². The highest BCUT2D eigenvalue weighted by Gasteiger charge is 2.49. The van der Waals surface area contributed by atoms with Crippen LogP contribution in [0.15, 0.2) is 36.4 Å². The Morgan fingerprint density at radius 2 is 1.97 bits per heavy atom. The van der Waals surface area contributed by atoms with Gasteiger partial charge in [-0.3, -0.25) is 9.69 Å². The van der Waals surface area contributed by atoms with Crippen molar-refractivity contribution in [2.24, 2.45) is 5.92 Å². The number of nitrogens with one attached hydrogen (secondary N) is 1. The maximum Gasteiger partial charge on any atom is 0.238 e. The molecule has 2 N–H and O–H groups in total. The molecule has 2 fully saturated rings. The van der Waals surface area contributed by atoms with Gasteiger partial charge in [-0.15, -0.1) is 0 Å². The van der Waals surface area contributed by atoms with Crippen molar-refractivity contribution in [2.75, 3.05) is 32.6 Å². The molecule has 4 rings (SSSR count). The molecular weight excluding hydrogens is 463 g/mol. The molecule has 1 aliphatic carbocycles. The number of likely N-dealkylation sites (tertiary alicyclic amines) is 1. The quantitative estimate of drug-likeness (QED) is 0.570. The van der Waals surface area contributed by atoms with Crippen molar-refractivity contribution < 1.29 is 19.4 Å². The molecule has 2 aromatic carbocycles. The molecule has 2 aliphatic rings. The van der Waals surface area contributed by atoms with E-state index in [0.29, 0.717) is 40.2 Å². The minimum absolute atomic E-state index is 0.00853. The predicted octanol–water partition coefficient (Wildman–Crippen LogP) is 5.32. The van der Waals surface area contributed by atoms with Crippen molar-refractivity contribution in [1.82, 2.24) is 4.90 Å². The number of methoxy groups -OCH3 is 2. The molecule has 0 spiro atoms. The number of aliphatic hydroxyl groups is 1. The molecule has 8 heteroatoms.